The van der Waals surface area contributed by atoms with Gasteiger partial charge in [0, 0.05) is 31.9 Å². The molecule has 31 heavy (non-hydrogen) atoms. The standard InChI is InChI=1S/C19H27N3O7S2/c1-30(25,26)21-11-7-15(8-12-21)19(24)29-14-18(23)20-16-5-4-6-17(13-16)31(27,28)22-9-2-3-10-22/h4-6,13,15H,2-3,7-12,14H2,1H3,(H,20,23). The summed E-state index contributed by atoms with van der Waals surface area (Å²) in [6.07, 6.45) is 3.46. The van der Waals surface area contributed by atoms with Crippen LogP contribution in [-0.4, -0.2) is 76.4 Å². The zero-order valence-corrected chi connectivity index (χ0v) is 19.0. The van der Waals surface area contributed by atoms with Crippen LogP contribution in [0.3, 0.4) is 0 Å². The lowest BCUT2D eigenvalue weighted by Gasteiger charge is -2.28. The molecule has 2 heterocycles. The molecule has 1 amide bonds. The molecule has 1 aromatic rings. The first-order valence-electron chi connectivity index (χ1n) is 10.1. The number of amides is 1. The molecule has 1 aromatic carbocycles. The number of carbonyl (C=O) groups excluding carboxylic acids is 2. The van der Waals surface area contributed by atoms with E-state index in [0.29, 0.717) is 31.6 Å². The second-order valence-corrected chi connectivity index (χ2v) is 11.7. The maximum Gasteiger partial charge on any atom is 0.309 e. The number of sulfonamides is 2. The zero-order chi connectivity index (χ0) is 22.6. The van der Waals surface area contributed by atoms with Crippen molar-refractivity contribution in [3.63, 3.8) is 0 Å². The highest BCUT2D eigenvalue weighted by Crippen LogP contribution is 2.23. The quantitative estimate of drug-likeness (QED) is 0.575. The molecule has 2 aliphatic rings. The largest absolute Gasteiger partial charge is 0.455 e. The van der Waals surface area contributed by atoms with Gasteiger partial charge in [0.25, 0.3) is 5.91 Å². The lowest BCUT2D eigenvalue weighted by molar-refractivity contribution is -0.152. The van der Waals surface area contributed by atoms with Gasteiger partial charge in [0.2, 0.25) is 20.0 Å². The molecule has 0 spiro atoms. The van der Waals surface area contributed by atoms with E-state index in [0.717, 1.165) is 19.1 Å². The summed E-state index contributed by atoms with van der Waals surface area (Å²) >= 11 is 0. The van der Waals surface area contributed by atoms with Gasteiger partial charge >= 0.3 is 5.97 Å². The smallest absolute Gasteiger partial charge is 0.309 e. The first kappa shape index (κ1) is 23.6. The fourth-order valence-corrected chi connectivity index (χ4v) is 6.12. The van der Waals surface area contributed by atoms with E-state index in [1.807, 2.05) is 0 Å². The molecule has 12 heteroatoms. The van der Waals surface area contributed by atoms with Crippen LogP contribution in [0, 0.1) is 5.92 Å². The van der Waals surface area contributed by atoms with Crippen LogP contribution in [0.4, 0.5) is 5.69 Å². The normalized spacial score (nSPS) is 19.3. The van der Waals surface area contributed by atoms with Crippen molar-refractivity contribution >= 4 is 37.6 Å². The van der Waals surface area contributed by atoms with Gasteiger partial charge in [0.15, 0.2) is 6.61 Å². The van der Waals surface area contributed by atoms with Crippen molar-refractivity contribution in [3.8, 4) is 0 Å². The fourth-order valence-electron chi connectivity index (χ4n) is 3.69. The van der Waals surface area contributed by atoms with Crippen LogP contribution in [0.1, 0.15) is 25.7 Å². The van der Waals surface area contributed by atoms with Crippen molar-refractivity contribution in [2.24, 2.45) is 5.92 Å². The Kier molecular flexibility index (Phi) is 7.35. The number of carbonyl (C=O) groups is 2. The van der Waals surface area contributed by atoms with Gasteiger partial charge in [-0.25, -0.2) is 21.1 Å². The SMILES string of the molecule is CS(=O)(=O)N1CCC(C(=O)OCC(=O)Nc2cccc(S(=O)(=O)N3CCCC3)c2)CC1. The van der Waals surface area contributed by atoms with Gasteiger partial charge in [-0.2, -0.15) is 4.31 Å². The summed E-state index contributed by atoms with van der Waals surface area (Å²) in [4.78, 5) is 24.5. The lowest BCUT2D eigenvalue weighted by atomic mass is 9.98. The Hall–Kier alpha value is -2.02. The van der Waals surface area contributed by atoms with E-state index < -0.39 is 44.4 Å². The molecule has 2 aliphatic heterocycles. The number of esters is 1. The van der Waals surface area contributed by atoms with Gasteiger partial charge in [-0.3, -0.25) is 9.59 Å². The van der Waals surface area contributed by atoms with E-state index in [1.54, 1.807) is 12.1 Å². The van der Waals surface area contributed by atoms with Crippen molar-refractivity contribution in [1.29, 1.82) is 0 Å². The van der Waals surface area contributed by atoms with Crippen molar-refractivity contribution in [1.82, 2.24) is 8.61 Å². The number of ether oxygens (including phenoxy) is 1. The number of nitrogens with zero attached hydrogens (tertiary/aromatic N) is 2. The summed E-state index contributed by atoms with van der Waals surface area (Å²) in [5.74, 6) is -1.59. The Morgan fingerprint density at radius 1 is 1.03 bits per heavy atom. The molecule has 0 atom stereocenters. The van der Waals surface area contributed by atoms with Gasteiger partial charge in [0.1, 0.15) is 0 Å². The van der Waals surface area contributed by atoms with Gasteiger partial charge < -0.3 is 10.1 Å². The second-order valence-electron chi connectivity index (χ2n) is 7.73. The Bertz CT molecular complexity index is 1030. The minimum atomic E-state index is -3.60. The van der Waals surface area contributed by atoms with Crippen molar-refractivity contribution in [2.75, 3.05) is 44.4 Å². The molecule has 0 radical (unpaired) electrons. The van der Waals surface area contributed by atoms with Gasteiger partial charge in [-0.05, 0) is 43.9 Å². The lowest BCUT2D eigenvalue weighted by Crippen LogP contribution is -2.40. The van der Waals surface area contributed by atoms with Gasteiger partial charge in [0.05, 0.1) is 17.1 Å². The monoisotopic (exact) mass is 473 g/mol. The maximum atomic E-state index is 12.7. The van der Waals surface area contributed by atoms with E-state index in [-0.39, 0.29) is 18.0 Å². The average Bonchev–Trinajstić information content (AvgIpc) is 3.27. The first-order valence-corrected chi connectivity index (χ1v) is 13.4. The summed E-state index contributed by atoms with van der Waals surface area (Å²) in [5.41, 5.74) is 0.294. The second kappa shape index (κ2) is 9.63. The third kappa shape index (κ3) is 6.03. The topological polar surface area (TPSA) is 130 Å². The number of nitrogens with one attached hydrogen (secondary N) is 1. The zero-order valence-electron chi connectivity index (χ0n) is 17.3. The average molecular weight is 474 g/mol. The van der Waals surface area contributed by atoms with Crippen LogP contribution in [0.2, 0.25) is 0 Å². The van der Waals surface area contributed by atoms with Crippen LogP contribution in [0.5, 0.6) is 0 Å². The van der Waals surface area contributed by atoms with E-state index in [9.17, 15) is 26.4 Å². The number of anilines is 1. The van der Waals surface area contributed by atoms with Crippen molar-refractivity contribution < 1.29 is 31.2 Å². The number of rotatable bonds is 7. The van der Waals surface area contributed by atoms with Gasteiger partial charge in [-0.15, -0.1) is 0 Å². The number of hydrogen-bond donors (Lipinski definition) is 1. The molecule has 1 N–H and O–H groups in total. The minimum absolute atomic E-state index is 0.0989. The van der Waals surface area contributed by atoms with Crippen LogP contribution in [-0.2, 0) is 34.4 Å². The summed E-state index contributed by atoms with van der Waals surface area (Å²) in [5, 5.41) is 2.54. The fraction of sp³-hybridized carbons (Fsp3) is 0.579. The molecule has 0 aromatic heterocycles. The van der Waals surface area contributed by atoms with Crippen LogP contribution in [0.25, 0.3) is 0 Å². The number of hydrogen-bond acceptors (Lipinski definition) is 7. The highest BCUT2D eigenvalue weighted by molar-refractivity contribution is 7.89. The van der Waals surface area contributed by atoms with E-state index >= 15 is 0 Å². The van der Waals surface area contributed by atoms with Crippen LogP contribution in [0.15, 0.2) is 29.2 Å². The predicted octanol–water partition coefficient (Wildman–Crippen LogP) is 0.624. The summed E-state index contributed by atoms with van der Waals surface area (Å²) in [6, 6.07) is 5.96. The number of benzene rings is 1. The Morgan fingerprint density at radius 2 is 1.68 bits per heavy atom. The molecule has 0 saturated carbocycles. The van der Waals surface area contributed by atoms with Crippen molar-refractivity contribution in [2.45, 2.75) is 30.6 Å². The molecule has 0 unspecified atom stereocenters. The molecular weight excluding hydrogens is 446 g/mol. The first-order chi connectivity index (χ1) is 14.6. The summed E-state index contributed by atoms with van der Waals surface area (Å²) in [7, 11) is -6.89. The predicted molar refractivity (Wildman–Crippen MR) is 113 cm³/mol. The van der Waals surface area contributed by atoms with E-state index in [2.05, 4.69) is 5.32 Å². The number of piperidine rings is 1. The third-order valence-corrected chi connectivity index (χ3v) is 8.62. The van der Waals surface area contributed by atoms with Gasteiger partial charge in [-0.1, -0.05) is 6.07 Å². The van der Waals surface area contributed by atoms with Crippen LogP contribution < -0.4 is 5.32 Å². The molecular formula is C19H27N3O7S2. The van der Waals surface area contributed by atoms with E-state index in [1.165, 1.54) is 20.7 Å². The molecule has 2 saturated heterocycles. The summed E-state index contributed by atoms with van der Waals surface area (Å²) < 4.78 is 56.2. The molecule has 2 fully saturated rings. The summed E-state index contributed by atoms with van der Waals surface area (Å²) in [6.45, 7) is 0.941. The molecule has 10 nitrogen and oxygen atoms in total. The molecule has 3 rings (SSSR count). The Morgan fingerprint density at radius 3 is 2.29 bits per heavy atom. The minimum Gasteiger partial charge on any atom is -0.455 e. The van der Waals surface area contributed by atoms with Crippen molar-refractivity contribution in [3.05, 3.63) is 24.3 Å². The molecule has 0 aliphatic carbocycles. The molecule has 172 valence electrons. The Labute approximate surface area is 182 Å². The highest BCUT2D eigenvalue weighted by Gasteiger charge is 2.30. The Balaban J connectivity index is 1.51. The van der Waals surface area contributed by atoms with Crippen LogP contribution >= 0.6 is 0 Å². The molecule has 0 bridgehead atoms. The third-order valence-electron chi connectivity index (χ3n) is 5.42. The maximum absolute atomic E-state index is 12.7. The van der Waals surface area contributed by atoms with E-state index in [4.69, 9.17) is 4.74 Å². The highest BCUT2D eigenvalue weighted by atomic mass is 32.2.